The second-order valence-corrected chi connectivity index (χ2v) is 6.49. The van der Waals surface area contributed by atoms with Crippen LogP contribution in [0.1, 0.15) is 45.1 Å². The van der Waals surface area contributed by atoms with E-state index in [1.807, 2.05) is 44.2 Å². The van der Waals surface area contributed by atoms with Crippen LogP contribution in [0, 0.1) is 0 Å². The minimum absolute atomic E-state index is 0.153. The first-order valence-electron chi connectivity index (χ1n) is 7.56. The van der Waals surface area contributed by atoms with Crippen LogP contribution in [0.4, 0.5) is 9.80 Å². The molecule has 0 saturated heterocycles. The van der Waals surface area contributed by atoms with E-state index >= 15 is 0 Å². The maximum atomic E-state index is 11.8. The minimum atomic E-state index is -1.20. The number of carboxylic acid groups (broad SMARTS) is 1. The van der Waals surface area contributed by atoms with Gasteiger partial charge in [-0.15, -0.1) is 0 Å². The zero-order chi connectivity index (χ0) is 18.3. The quantitative estimate of drug-likeness (QED) is 0.823. The maximum Gasteiger partial charge on any atom is 0.412 e. The fourth-order valence-electron chi connectivity index (χ4n) is 1.65. The van der Waals surface area contributed by atoms with Crippen molar-refractivity contribution >= 4 is 28.4 Å². The summed E-state index contributed by atoms with van der Waals surface area (Å²) >= 11 is 1.09. The van der Waals surface area contributed by atoms with Crippen molar-refractivity contribution in [2.24, 2.45) is 0 Å². The second kappa shape index (κ2) is 8.44. The molecule has 1 aromatic carbocycles. The summed E-state index contributed by atoms with van der Waals surface area (Å²) in [6.07, 6.45) is -0.710. The number of hydrogen-bond acceptors (Lipinski definition) is 5. The van der Waals surface area contributed by atoms with E-state index < -0.39 is 17.7 Å². The third-order valence-electron chi connectivity index (χ3n) is 2.46. The lowest BCUT2D eigenvalue weighted by Gasteiger charge is -2.19. The molecule has 0 fully saturated rings. The van der Waals surface area contributed by atoms with Crippen molar-refractivity contribution in [1.82, 2.24) is 4.98 Å². The number of amides is 1. The van der Waals surface area contributed by atoms with Gasteiger partial charge in [0.1, 0.15) is 15.6 Å². The van der Waals surface area contributed by atoms with Gasteiger partial charge in [-0.05, 0) is 20.8 Å². The molecule has 0 bridgehead atoms. The van der Waals surface area contributed by atoms with Gasteiger partial charge in [0.15, 0.2) is 5.69 Å². The third kappa shape index (κ3) is 5.66. The molecule has 24 heavy (non-hydrogen) atoms. The van der Waals surface area contributed by atoms with E-state index in [4.69, 9.17) is 4.74 Å². The summed E-state index contributed by atoms with van der Waals surface area (Å²) in [5, 5.41) is 12.3. The number of hydrogen-bond donors (Lipinski definition) is 2. The highest BCUT2D eigenvalue weighted by Gasteiger charge is 2.22. The van der Waals surface area contributed by atoms with Crippen LogP contribution in [-0.2, 0) is 4.74 Å². The Balaban J connectivity index is 0.00000139. The summed E-state index contributed by atoms with van der Waals surface area (Å²) in [7, 11) is 0. The molecule has 1 amide bonds. The summed E-state index contributed by atoms with van der Waals surface area (Å²) in [5.41, 5.74) is -0.0811. The topological polar surface area (TPSA) is 88.5 Å². The Morgan fingerprint density at radius 3 is 2.25 bits per heavy atom. The van der Waals surface area contributed by atoms with Gasteiger partial charge >= 0.3 is 12.1 Å². The minimum Gasteiger partial charge on any atom is -0.476 e. The Kier molecular flexibility index (Phi) is 6.91. The lowest BCUT2D eigenvalue weighted by molar-refractivity contribution is 0.0636. The Labute approximate surface area is 145 Å². The molecule has 2 N–H and O–H groups in total. The molecular formula is C17H22N2O4S. The highest BCUT2D eigenvalue weighted by Crippen LogP contribution is 2.32. The smallest absolute Gasteiger partial charge is 0.412 e. The van der Waals surface area contributed by atoms with Gasteiger partial charge in [0, 0.05) is 5.56 Å². The zero-order valence-corrected chi connectivity index (χ0v) is 15.2. The Bertz CT molecular complexity index is 690. The molecule has 0 aliphatic carbocycles. The Morgan fingerprint density at radius 1 is 1.17 bits per heavy atom. The van der Waals surface area contributed by atoms with E-state index in [9.17, 15) is 14.7 Å². The molecule has 1 aromatic heterocycles. The van der Waals surface area contributed by atoms with Crippen LogP contribution in [0.5, 0.6) is 0 Å². The average molecular weight is 350 g/mol. The first kappa shape index (κ1) is 19.6. The molecule has 0 spiro atoms. The normalized spacial score (nSPS) is 10.4. The number of nitrogens with zero attached hydrogens (tertiary/aromatic N) is 1. The fraction of sp³-hybridized carbons (Fsp3) is 0.353. The maximum absolute atomic E-state index is 11.8. The van der Waals surface area contributed by atoms with Gasteiger partial charge in [-0.1, -0.05) is 55.5 Å². The van der Waals surface area contributed by atoms with Crippen molar-refractivity contribution in [3.63, 3.8) is 0 Å². The number of nitrogens with one attached hydrogen (secondary N) is 1. The molecule has 1 heterocycles. The zero-order valence-electron chi connectivity index (χ0n) is 14.4. The van der Waals surface area contributed by atoms with Crippen LogP contribution in [-0.4, -0.2) is 27.8 Å². The number of carbonyl (C=O) groups is 2. The molecule has 0 unspecified atom stereocenters. The van der Waals surface area contributed by atoms with Gasteiger partial charge in [-0.3, -0.25) is 5.32 Å². The molecule has 0 radical (unpaired) electrons. The molecule has 6 nitrogen and oxygen atoms in total. The standard InChI is InChI=1S/C15H16N2O4S.C2H6/c1-15(2,3)21-14(20)17-12-10(13(18)19)16-11(22-12)9-7-5-4-6-8-9;1-2/h4-8H,1-3H3,(H,17,20)(H,18,19);1-2H3. The lowest BCUT2D eigenvalue weighted by Crippen LogP contribution is -2.27. The summed E-state index contributed by atoms with van der Waals surface area (Å²) in [6.45, 7) is 9.19. The van der Waals surface area contributed by atoms with Crippen LogP contribution in [0.25, 0.3) is 10.6 Å². The molecule has 0 atom stereocenters. The van der Waals surface area contributed by atoms with Crippen LogP contribution < -0.4 is 5.32 Å². The number of anilines is 1. The first-order valence-corrected chi connectivity index (χ1v) is 8.37. The number of carboxylic acids is 1. The largest absolute Gasteiger partial charge is 0.476 e. The van der Waals surface area contributed by atoms with Gasteiger partial charge in [-0.2, -0.15) is 0 Å². The van der Waals surface area contributed by atoms with E-state index in [0.717, 1.165) is 16.9 Å². The van der Waals surface area contributed by atoms with E-state index in [0.29, 0.717) is 5.01 Å². The number of carbonyl (C=O) groups excluding carboxylic acids is 1. The number of ether oxygens (including phenoxy) is 1. The highest BCUT2D eigenvalue weighted by atomic mass is 32.1. The molecule has 2 rings (SSSR count). The van der Waals surface area contributed by atoms with E-state index in [1.165, 1.54) is 0 Å². The first-order chi connectivity index (χ1) is 11.3. The Morgan fingerprint density at radius 2 is 1.75 bits per heavy atom. The van der Waals surface area contributed by atoms with Crippen LogP contribution in [0.3, 0.4) is 0 Å². The van der Waals surface area contributed by atoms with Crippen molar-refractivity contribution < 1.29 is 19.4 Å². The molecule has 0 aliphatic rings. The molecule has 0 aliphatic heterocycles. The number of benzene rings is 1. The van der Waals surface area contributed by atoms with Gasteiger partial charge in [-0.25, -0.2) is 14.6 Å². The van der Waals surface area contributed by atoms with Crippen LogP contribution >= 0.6 is 11.3 Å². The van der Waals surface area contributed by atoms with Crippen molar-refractivity contribution in [3.05, 3.63) is 36.0 Å². The van der Waals surface area contributed by atoms with Gasteiger partial charge in [0.2, 0.25) is 0 Å². The second-order valence-electron chi connectivity index (χ2n) is 5.49. The predicted octanol–water partition coefficient (Wildman–Crippen LogP) is 4.88. The predicted molar refractivity (Wildman–Crippen MR) is 95.7 cm³/mol. The number of thiazole rings is 1. The molecular weight excluding hydrogens is 328 g/mol. The summed E-state index contributed by atoms with van der Waals surface area (Å²) < 4.78 is 5.13. The van der Waals surface area contributed by atoms with Crippen molar-refractivity contribution in [1.29, 1.82) is 0 Å². The summed E-state index contributed by atoms with van der Waals surface area (Å²) in [4.78, 5) is 27.2. The number of aromatic nitrogens is 1. The molecule has 2 aromatic rings. The van der Waals surface area contributed by atoms with Gasteiger partial charge < -0.3 is 9.84 Å². The van der Waals surface area contributed by atoms with Crippen molar-refractivity contribution in [3.8, 4) is 10.6 Å². The SMILES string of the molecule is CC.CC(C)(C)OC(=O)Nc1sc(-c2ccccc2)nc1C(=O)O. The molecule has 7 heteroatoms. The highest BCUT2D eigenvalue weighted by molar-refractivity contribution is 7.19. The lowest BCUT2D eigenvalue weighted by atomic mass is 10.2. The summed E-state index contributed by atoms with van der Waals surface area (Å²) in [6, 6.07) is 9.16. The molecule has 0 saturated carbocycles. The number of rotatable bonds is 3. The van der Waals surface area contributed by atoms with Crippen molar-refractivity contribution in [2.45, 2.75) is 40.2 Å². The van der Waals surface area contributed by atoms with Gasteiger partial charge in [0.05, 0.1) is 0 Å². The van der Waals surface area contributed by atoms with E-state index in [-0.39, 0.29) is 10.7 Å². The Hall–Kier alpha value is -2.41. The van der Waals surface area contributed by atoms with E-state index in [2.05, 4.69) is 10.3 Å². The average Bonchev–Trinajstić information content (AvgIpc) is 2.92. The van der Waals surface area contributed by atoms with Crippen LogP contribution in [0.2, 0.25) is 0 Å². The third-order valence-corrected chi connectivity index (χ3v) is 3.48. The molecule has 130 valence electrons. The monoisotopic (exact) mass is 350 g/mol. The van der Waals surface area contributed by atoms with Crippen molar-refractivity contribution in [2.75, 3.05) is 5.32 Å². The van der Waals surface area contributed by atoms with Gasteiger partial charge in [0.25, 0.3) is 0 Å². The summed E-state index contributed by atoms with van der Waals surface area (Å²) in [5.74, 6) is -1.20. The van der Waals surface area contributed by atoms with E-state index in [1.54, 1.807) is 20.8 Å². The number of aromatic carboxylic acids is 1. The van der Waals surface area contributed by atoms with Crippen LogP contribution in [0.15, 0.2) is 30.3 Å². The fourth-order valence-corrected chi connectivity index (χ4v) is 2.60.